The van der Waals surface area contributed by atoms with Gasteiger partial charge in [-0.25, -0.2) is 0 Å². The monoisotopic (exact) mass is 1040 g/mol. The predicted molar refractivity (Wildman–Crippen MR) is 324 cm³/mol. The van der Waals surface area contributed by atoms with E-state index in [-0.39, 0.29) is 18.5 Å². The van der Waals surface area contributed by atoms with Crippen LogP contribution < -0.4 is 5.32 Å². The van der Waals surface area contributed by atoms with Gasteiger partial charge in [0.15, 0.2) is 0 Å². The molecule has 0 saturated heterocycles. The van der Waals surface area contributed by atoms with Crippen molar-refractivity contribution in [3.63, 3.8) is 0 Å². The molecule has 0 rings (SSSR count). The van der Waals surface area contributed by atoms with Crippen LogP contribution in [0.5, 0.6) is 0 Å². The highest BCUT2D eigenvalue weighted by Gasteiger charge is 2.20. The van der Waals surface area contributed by atoms with Crippen molar-refractivity contribution >= 4 is 11.9 Å². The first-order chi connectivity index (χ1) is 36.5. The van der Waals surface area contributed by atoms with Gasteiger partial charge in [0.05, 0.1) is 25.4 Å². The number of nitrogens with one attached hydrogen (secondary N) is 1. The van der Waals surface area contributed by atoms with Crippen molar-refractivity contribution in [3.8, 4) is 0 Å². The normalized spacial score (nSPS) is 12.5. The van der Waals surface area contributed by atoms with Crippen molar-refractivity contribution in [3.05, 3.63) is 12.2 Å². The number of carbonyl (C=O) groups is 2. The molecule has 0 fully saturated rings. The van der Waals surface area contributed by atoms with Gasteiger partial charge in [-0.1, -0.05) is 334 Å². The Kier molecular flexibility index (Phi) is 62.9. The highest BCUT2D eigenvalue weighted by Crippen LogP contribution is 2.19. The first-order valence-corrected chi connectivity index (χ1v) is 33.9. The number of aliphatic hydroxyl groups is 2. The molecule has 0 saturated carbocycles. The fourth-order valence-electron chi connectivity index (χ4n) is 10.9. The third-order valence-electron chi connectivity index (χ3n) is 16.1. The van der Waals surface area contributed by atoms with E-state index in [2.05, 4.69) is 31.3 Å². The third kappa shape index (κ3) is 59.8. The number of rotatable bonds is 64. The van der Waals surface area contributed by atoms with Crippen molar-refractivity contribution in [2.45, 2.75) is 398 Å². The maximum Gasteiger partial charge on any atom is 0.305 e. The summed E-state index contributed by atoms with van der Waals surface area (Å²) in [5, 5.41) is 23.4. The van der Waals surface area contributed by atoms with Crippen LogP contribution in [0.1, 0.15) is 386 Å². The molecule has 0 aliphatic rings. The minimum Gasteiger partial charge on any atom is -0.466 e. The van der Waals surface area contributed by atoms with Crippen LogP contribution in [0.2, 0.25) is 0 Å². The molecule has 0 radical (unpaired) electrons. The predicted octanol–water partition coefficient (Wildman–Crippen LogP) is 21.6. The molecule has 2 unspecified atom stereocenters. The van der Waals surface area contributed by atoms with Crippen molar-refractivity contribution in [2.75, 3.05) is 13.2 Å². The van der Waals surface area contributed by atoms with Gasteiger partial charge < -0.3 is 20.3 Å². The lowest BCUT2D eigenvalue weighted by molar-refractivity contribution is -0.143. The molecule has 74 heavy (non-hydrogen) atoms. The average Bonchev–Trinajstić information content (AvgIpc) is 3.40. The van der Waals surface area contributed by atoms with Gasteiger partial charge in [0.2, 0.25) is 5.91 Å². The van der Waals surface area contributed by atoms with Gasteiger partial charge in [-0.2, -0.15) is 0 Å². The summed E-state index contributed by atoms with van der Waals surface area (Å²) in [6, 6.07) is -0.543. The lowest BCUT2D eigenvalue weighted by atomic mass is 10.0. The van der Waals surface area contributed by atoms with E-state index in [9.17, 15) is 19.8 Å². The Balaban J connectivity index is 3.38. The van der Waals surface area contributed by atoms with E-state index in [1.807, 2.05) is 0 Å². The SMILES string of the molecule is CCCCCCCC/C=C\CCCCCCCC(=O)OCCCCCCCCCCCCCCCCCCCCCCCC(=O)NC(CO)C(O)CCCCCCCCCCCCCCCCCCCCCCC. The van der Waals surface area contributed by atoms with Crippen LogP contribution in [0.3, 0.4) is 0 Å². The number of hydrogen-bond acceptors (Lipinski definition) is 5. The molecule has 0 spiro atoms. The lowest BCUT2D eigenvalue weighted by Gasteiger charge is -2.22. The molecule has 0 aromatic rings. The summed E-state index contributed by atoms with van der Waals surface area (Å²) in [7, 11) is 0. The van der Waals surface area contributed by atoms with E-state index >= 15 is 0 Å². The second kappa shape index (κ2) is 64.1. The molecule has 6 nitrogen and oxygen atoms in total. The fraction of sp³-hybridized carbons (Fsp3) is 0.941. The lowest BCUT2D eigenvalue weighted by Crippen LogP contribution is -2.45. The fourth-order valence-corrected chi connectivity index (χ4v) is 10.9. The standard InChI is InChI=1S/C68H133NO5/c1-3-5-7-9-11-13-15-17-19-20-21-23-26-29-33-36-40-44-48-52-56-60-66(71)65(64-70)69-67(72)61-57-53-49-45-41-37-34-30-27-24-22-25-28-31-35-39-43-47-51-55-59-63-74-68(73)62-58-54-50-46-42-38-32-18-16-14-12-10-8-6-4-2/h18,32,65-66,70-71H,3-17,19-31,33-64H2,1-2H3,(H,69,72)/b32-18-. The number of unbranched alkanes of at least 4 members (excludes halogenated alkanes) is 51. The van der Waals surface area contributed by atoms with Crippen LogP contribution in [-0.2, 0) is 14.3 Å². The third-order valence-corrected chi connectivity index (χ3v) is 16.1. The van der Waals surface area contributed by atoms with E-state index < -0.39 is 12.1 Å². The summed E-state index contributed by atoms with van der Waals surface area (Å²) >= 11 is 0. The van der Waals surface area contributed by atoms with Crippen molar-refractivity contribution in [1.82, 2.24) is 5.32 Å². The summed E-state index contributed by atoms with van der Waals surface area (Å²) < 4.78 is 5.49. The molecule has 0 aromatic heterocycles. The molecule has 0 bridgehead atoms. The number of carbonyl (C=O) groups excluding carboxylic acids is 2. The van der Waals surface area contributed by atoms with Crippen LogP contribution in [0.15, 0.2) is 12.2 Å². The second-order valence-electron chi connectivity index (χ2n) is 23.5. The number of allylic oxidation sites excluding steroid dienone is 2. The van der Waals surface area contributed by atoms with Crippen LogP contribution in [-0.4, -0.2) is 47.4 Å². The van der Waals surface area contributed by atoms with Crippen LogP contribution >= 0.6 is 0 Å². The molecule has 0 aliphatic heterocycles. The van der Waals surface area contributed by atoms with Gasteiger partial charge in [0, 0.05) is 12.8 Å². The smallest absolute Gasteiger partial charge is 0.305 e. The van der Waals surface area contributed by atoms with Gasteiger partial charge in [0.1, 0.15) is 0 Å². The number of esters is 1. The molecular formula is C68H133NO5. The Labute approximate surface area is 463 Å². The number of aliphatic hydroxyl groups excluding tert-OH is 2. The summed E-state index contributed by atoms with van der Waals surface area (Å²) in [5.41, 5.74) is 0. The van der Waals surface area contributed by atoms with Crippen molar-refractivity contribution in [1.29, 1.82) is 0 Å². The van der Waals surface area contributed by atoms with E-state index in [4.69, 9.17) is 4.74 Å². The molecule has 0 heterocycles. The Morgan fingerprint density at radius 3 is 0.959 bits per heavy atom. The summed E-state index contributed by atoms with van der Waals surface area (Å²) in [6.07, 6.45) is 78.1. The zero-order valence-electron chi connectivity index (χ0n) is 50.4. The zero-order chi connectivity index (χ0) is 53.6. The molecule has 3 N–H and O–H groups in total. The molecule has 1 amide bonds. The highest BCUT2D eigenvalue weighted by atomic mass is 16.5. The molecule has 2 atom stereocenters. The molecule has 0 aliphatic carbocycles. The Bertz CT molecular complexity index is 1110. The minimum atomic E-state index is -0.665. The largest absolute Gasteiger partial charge is 0.466 e. The molecule has 6 heteroatoms. The summed E-state index contributed by atoms with van der Waals surface area (Å²) in [4.78, 5) is 24.6. The number of amides is 1. The Morgan fingerprint density at radius 1 is 0.365 bits per heavy atom. The van der Waals surface area contributed by atoms with Gasteiger partial charge in [-0.05, 0) is 51.4 Å². The zero-order valence-corrected chi connectivity index (χ0v) is 50.4. The molecule has 440 valence electrons. The van der Waals surface area contributed by atoms with Crippen LogP contribution in [0, 0.1) is 0 Å². The van der Waals surface area contributed by atoms with Crippen molar-refractivity contribution in [2.24, 2.45) is 0 Å². The summed E-state index contributed by atoms with van der Waals surface area (Å²) in [5.74, 6) is -0.0262. The quantitative estimate of drug-likeness (QED) is 0.0320. The van der Waals surface area contributed by atoms with Crippen LogP contribution in [0.25, 0.3) is 0 Å². The summed E-state index contributed by atoms with van der Waals surface area (Å²) in [6.45, 7) is 4.98. The van der Waals surface area contributed by atoms with Crippen LogP contribution in [0.4, 0.5) is 0 Å². The van der Waals surface area contributed by atoms with Gasteiger partial charge >= 0.3 is 5.97 Å². The maximum absolute atomic E-state index is 12.5. The number of ether oxygens (including phenoxy) is 1. The van der Waals surface area contributed by atoms with Gasteiger partial charge in [0.25, 0.3) is 0 Å². The van der Waals surface area contributed by atoms with E-state index in [1.165, 1.54) is 308 Å². The topological polar surface area (TPSA) is 95.9 Å². The van der Waals surface area contributed by atoms with Gasteiger partial charge in [-0.15, -0.1) is 0 Å². The molecule has 0 aromatic carbocycles. The second-order valence-corrected chi connectivity index (χ2v) is 23.5. The van der Waals surface area contributed by atoms with Gasteiger partial charge in [-0.3, -0.25) is 9.59 Å². The maximum atomic E-state index is 12.5. The van der Waals surface area contributed by atoms with E-state index in [1.54, 1.807) is 0 Å². The number of hydrogen-bond donors (Lipinski definition) is 3. The first-order valence-electron chi connectivity index (χ1n) is 33.9. The van der Waals surface area contributed by atoms with Crippen molar-refractivity contribution < 1.29 is 24.5 Å². The van der Waals surface area contributed by atoms with E-state index in [0.29, 0.717) is 25.9 Å². The Hall–Kier alpha value is -1.40. The first kappa shape index (κ1) is 72.6. The molecular weight excluding hydrogens is 911 g/mol. The van der Waals surface area contributed by atoms with E-state index in [0.717, 1.165) is 44.9 Å². The minimum absolute atomic E-state index is 0.00527. The average molecular weight is 1040 g/mol. The highest BCUT2D eigenvalue weighted by molar-refractivity contribution is 5.76. The Morgan fingerprint density at radius 2 is 0.635 bits per heavy atom.